The highest BCUT2D eigenvalue weighted by atomic mass is 19.1. The van der Waals surface area contributed by atoms with E-state index in [2.05, 4.69) is 5.32 Å². The lowest BCUT2D eigenvalue weighted by Crippen LogP contribution is -2.13. The fourth-order valence-corrected chi connectivity index (χ4v) is 1.92. The first kappa shape index (κ1) is 14.1. The van der Waals surface area contributed by atoms with Crippen LogP contribution in [0.5, 0.6) is 5.75 Å². The lowest BCUT2D eigenvalue weighted by Gasteiger charge is -2.10. The first-order valence-corrected chi connectivity index (χ1v) is 6.23. The molecule has 2 aromatic rings. The maximum Gasteiger partial charge on any atom is 0.255 e. The van der Waals surface area contributed by atoms with E-state index in [-0.39, 0.29) is 11.7 Å². The van der Waals surface area contributed by atoms with Gasteiger partial charge >= 0.3 is 0 Å². The van der Waals surface area contributed by atoms with E-state index in [4.69, 9.17) is 4.74 Å². The Kier molecular flexibility index (Phi) is 4.03. The average molecular weight is 273 g/mol. The summed E-state index contributed by atoms with van der Waals surface area (Å²) in [5, 5.41) is 2.76. The highest BCUT2D eigenvalue weighted by Crippen LogP contribution is 2.21. The van der Waals surface area contributed by atoms with Crippen molar-refractivity contribution in [1.29, 1.82) is 0 Å². The van der Waals surface area contributed by atoms with E-state index in [9.17, 15) is 9.18 Å². The summed E-state index contributed by atoms with van der Waals surface area (Å²) in [7, 11) is 1.56. The minimum atomic E-state index is -0.322. The van der Waals surface area contributed by atoms with Crippen molar-refractivity contribution in [3.05, 3.63) is 58.9 Å². The van der Waals surface area contributed by atoms with Gasteiger partial charge in [0.05, 0.1) is 7.11 Å². The molecule has 0 fully saturated rings. The highest BCUT2D eigenvalue weighted by molar-refractivity contribution is 6.04. The second kappa shape index (κ2) is 5.74. The minimum absolute atomic E-state index is 0.252. The Bertz CT molecular complexity index is 653. The van der Waals surface area contributed by atoms with Gasteiger partial charge in [-0.15, -0.1) is 0 Å². The van der Waals surface area contributed by atoms with Gasteiger partial charge in [-0.3, -0.25) is 4.79 Å². The molecular formula is C16H16FNO2. The molecule has 1 amide bonds. The number of anilines is 1. The maximum atomic E-state index is 13.0. The Balaban J connectivity index is 2.24. The van der Waals surface area contributed by atoms with Crippen molar-refractivity contribution in [3.63, 3.8) is 0 Å². The van der Waals surface area contributed by atoms with Gasteiger partial charge in [-0.1, -0.05) is 6.07 Å². The number of benzene rings is 2. The Labute approximate surface area is 117 Å². The van der Waals surface area contributed by atoms with E-state index in [0.717, 1.165) is 5.56 Å². The third-order valence-corrected chi connectivity index (χ3v) is 3.11. The third kappa shape index (κ3) is 2.96. The number of ether oxygens (including phenoxy) is 1. The summed E-state index contributed by atoms with van der Waals surface area (Å²) < 4.78 is 18.2. The number of rotatable bonds is 3. The zero-order valence-electron chi connectivity index (χ0n) is 11.7. The van der Waals surface area contributed by atoms with Gasteiger partial charge in [-0.2, -0.15) is 0 Å². The molecule has 2 aromatic carbocycles. The van der Waals surface area contributed by atoms with Crippen molar-refractivity contribution in [3.8, 4) is 5.75 Å². The zero-order chi connectivity index (χ0) is 14.7. The average Bonchev–Trinajstić information content (AvgIpc) is 2.42. The first-order chi connectivity index (χ1) is 9.51. The van der Waals surface area contributed by atoms with Gasteiger partial charge in [0.1, 0.15) is 11.6 Å². The minimum Gasteiger partial charge on any atom is -0.496 e. The smallest absolute Gasteiger partial charge is 0.255 e. The van der Waals surface area contributed by atoms with E-state index < -0.39 is 0 Å². The van der Waals surface area contributed by atoms with Gasteiger partial charge in [0, 0.05) is 11.3 Å². The van der Waals surface area contributed by atoms with Crippen LogP contribution in [0.15, 0.2) is 36.4 Å². The molecule has 0 bridgehead atoms. The molecule has 0 aliphatic rings. The maximum absolute atomic E-state index is 13.0. The molecule has 1 N–H and O–H groups in total. The van der Waals surface area contributed by atoms with Gasteiger partial charge in [0.25, 0.3) is 5.91 Å². The molecule has 104 valence electrons. The molecule has 2 rings (SSSR count). The molecule has 0 atom stereocenters. The van der Waals surface area contributed by atoms with Crippen molar-refractivity contribution in [1.82, 2.24) is 0 Å². The molecular weight excluding hydrogens is 257 g/mol. The van der Waals surface area contributed by atoms with E-state index in [1.54, 1.807) is 32.2 Å². The van der Waals surface area contributed by atoms with Gasteiger partial charge < -0.3 is 10.1 Å². The summed E-state index contributed by atoms with van der Waals surface area (Å²) in [6, 6.07) is 9.48. The number of methoxy groups -OCH3 is 1. The zero-order valence-corrected chi connectivity index (χ0v) is 11.7. The normalized spacial score (nSPS) is 10.2. The van der Waals surface area contributed by atoms with Gasteiger partial charge in [-0.05, 0) is 55.3 Å². The summed E-state index contributed by atoms with van der Waals surface area (Å²) >= 11 is 0. The molecule has 0 aromatic heterocycles. The van der Waals surface area contributed by atoms with E-state index >= 15 is 0 Å². The van der Waals surface area contributed by atoms with Crippen LogP contribution in [0, 0.1) is 19.7 Å². The monoisotopic (exact) mass is 273 g/mol. The van der Waals surface area contributed by atoms with E-state index in [0.29, 0.717) is 22.6 Å². The first-order valence-electron chi connectivity index (χ1n) is 6.23. The van der Waals surface area contributed by atoms with Crippen LogP contribution >= 0.6 is 0 Å². The summed E-state index contributed by atoms with van der Waals surface area (Å²) in [5.41, 5.74) is 2.73. The van der Waals surface area contributed by atoms with Crippen LogP contribution in [0.1, 0.15) is 21.5 Å². The van der Waals surface area contributed by atoms with Gasteiger partial charge in [0.2, 0.25) is 0 Å². The topological polar surface area (TPSA) is 38.3 Å². The molecule has 0 aliphatic carbocycles. The molecule has 0 aliphatic heterocycles. The molecule has 3 nitrogen and oxygen atoms in total. The largest absolute Gasteiger partial charge is 0.496 e. The molecule has 0 radical (unpaired) electrons. The van der Waals surface area contributed by atoms with Crippen molar-refractivity contribution in [2.24, 2.45) is 0 Å². The van der Waals surface area contributed by atoms with Gasteiger partial charge in [-0.25, -0.2) is 4.39 Å². The van der Waals surface area contributed by atoms with Crippen molar-refractivity contribution in [2.45, 2.75) is 13.8 Å². The van der Waals surface area contributed by atoms with Crippen LogP contribution in [0.25, 0.3) is 0 Å². The molecule has 0 saturated carbocycles. The standard InChI is InChI=1S/C16H16FNO2/c1-10-4-5-12(9-15(10)20-3)16(19)18-14-7-6-13(17)8-11(14)2/h4-9H,1-3H3,(H,18,19). The van der Waals surface area contributed by atoms with Crippen molar-refractivity contribution >= 4 is 11.6 Å². The number of aryl methyl sites for hydroxylation is 2. The van der Waals surface area contributed by atoms with Crippen LogP contribution < -0.4 is 10.1 Å². The molecule has 20 heavy (non-hydrogen) atoms. The lowest BCUT2D eigenvalue weighted by atomic mass is 10.1. The van der Waals surface area contributed by atoms with Crippen LogP contribution in [0.2, 0.25) is 0 Å². The second-order valence-electron chi connectivity index (χ2n) is 4.60. The Morgan fingerprint density at radius 1 is 1.10 bits per heavy atom. The van der Waals surface area contributed by atoms with E-state index in [1.165, 1.54) is 12.1 Å². The summed E-state index contributed by atoms with van der Waals surface area (Å²) in [5.74, 6) is 0.0870. The molecule has 4 heteroatoms. The van der Waals surface area contributed by atoms with Crippen LogP contribution in [0.4, 0.5) is 10.1 Å². The second-order valence-corrected chi connectivity index (χ2v) is 4.60. The molecule has 0 heterocycles. The van der Waals surface area contributed by atoms with E-state index in [1.807, 2.05) is 13.0 Å². The third-order valence-electron chi connectivity index (χ3n) is 3.11. The van der Waals surface area contributed by atoms with Crippen LogP contribution in [0.3, 0.4) is 0 Å². The Morgan fingerprint density at radius 2 is 1.85 bits per heavy atom. The number of hydrogen-bond acceptors (Lipinski definition) is 2. The fourth-order valence-electron chi connectivity index (χ4n) is 1.92. The quantitative estimate of drug-likeness (QED) is 0.926. The summed E-state index contributed by atoms with van der Waals surface area (Å²) in [4.78, 5) is 12.2. The lowest BCUT2D eigenvalue weighted by molar-refractivity contribution is 0.102. The fraction of sp³-hybridized carbons (Fsp3) is 0.188. The van der Waals surface area contributed by atoms with Crippen LogP contribution in [-0.4, -0.2) is 13.0 Å². The summed E-state index contributed by atoms with van der Waals surface area (Å²) in [6.07, 6.45) is 0. The number of nitrogens with one attached hydrogen (secondary N) is 1. The number of carbonyl (C=O) groups is 1. The van der Waals surface area contributed by atoms with Gasteiger partial charge in [0.15, 0.2) is 0 Å². The molecule has 0 spiro atoms. The number of amides is 1. The van der Waals surface area contributed by atoms with Crippen LogP contribution in [-0.2, 0) is 0 Å². The van der Waals surface area contributed by atoms with Crippen molar-refractivity contribution < 1.29 is 13.9 Å². The van der Waals surface area contributed by atoms with Crippen molar-refractivity contribution in [2.75, 3.05) is 12.4 Å². The number of hydrogen-bond donors (Lipinski definition) is 1. The predicted molar refractivity (Wildman–Crippen MR) is 76.8 cm³/mol. The predicted octanol–water partition coefficient (Wildman–Crippen LogP) is 3.70. The Hall–Kier alpha value is -2.36. The Morgan fingerprint density at radius 3 is 2.50 bits per heavy atom. The highest BCUT2D eigenvalue weighted by Gasteiger charge is 2.10. The molecule has 0 saturated heterocycles. The SMILES string of the molecule is COc1cc(C(=O)Nc2ccc(F)cc2C)ccc1C. The number of halogens is 1. The molecule has 0 unspecified atom stereocenters. The number of carbonyl (C=O) groups excluding carboxylic acids is 1. The summed E-state index contributed by atoms with van der Waals surface area (Å²) in [6.45, 7) is 3.65.